The maximum Gasteiger partial charge on any atom is 0.248 e. The first kappa shape index (κ1) is 21.1. The van der Waals surface area contributed by atoms with Crippen LogP contribution < -0.4 is 10.6 Å². The van der Waals surface area contributed by atoms with E-state index in [4.69, 9.17) is 5.41 Å². The van der Waals surface area contributed by atoms with Gasteiger partial charge in [-0.15, -0.1) is 0 Å². The van der Waals surface area contributed by atoms with Gasteiger partial charge in [0.15, 0.2) is 5.78 Å². The van der Waals surface area contributed by atoms with Crippen molar-refractivity contribution in [3.8, 4) is 0 Å². The zero-order chi connectivity index (χ0) is 22.1. The van der Waals surface area contributed by atoms with Crippen LogP contribution in [0.15, 0.2) is 41.3 Å². The molecule has 4 rings (SSSR count). The van der Waals surface area contributed by atoms with Gasteiger partial charge in [0.25, 0.3) is 0 Å². The highest BCUT2D eigenvalue weighted by atomic mass is 79.9. The quantitative estimate of drug-likeness (QED) is 0.408. The normalized spacial score (nSPS) is 21.2. The smallest absolute Gasteiger partial charge is 0.248 e. The first-order chi connectivity index (χ1) is 14.8. The van der Waals surface area contributed by atoms with Crippen LogP contribution in [0.2, 0.25) is 0 Å². The third-order valence-corrected chi connectivity index (χ3v) is 5.98. The molecule has 3 N–H and O–H groups in total. The second-order valence-corrected chi connectivity index (χ2v) is 8.47. The minimum atomic E-state index is -0.553. The maximum atomic E-state index is 13.0. The molecule has 1 saturated carbocycles. The average Bonchev–Trinajstić information content (AvgIpc) is 3.41. The number of carbonyl (C=O) groups is 3. The first-order valence-corrected chi connectivity index (χ1v) is 10.7. The summed E-state index contributed by atoms with van der Waals surface area (Å²) in [7, 11) is 0. The number of carbonyl (C=O) groups excluding carboxylic acids is 3. The molecule has 0 bridgehead atoms. The van der Waals surface area contributed by atoms with Gasteiger partial charge < -0.3 is 15.5 Å². The van der Waals surface area contributed by atoms with Crippen LogP contribution in [0.25, 0.3) is 0 Å². The van der Waals surface area contributed by atoms with Gasteiger partial charge in [0.1, 0.15) is 22.2 Å². The number of aromatic nitrogens is 2. The van der Waals surface area contributed by atoms with E-state index in [1.165, 1.54) is 19.3 Å². The lowest BCUT2D eigenvalue weighted by Gasteiger charge is -2.27. The number of fused-ring (bicyclic) bond motifs is 1. The predicted octanol–water partition coefficient (Wildman–Crippen LogP) is 2.24. The van der Waals surface area contributed by atoms with Gasteiger partial charge >= 0.3 is 0 Å². The van der Waals surface area contributed by atoms with Crippen LogP contribution in [0.1, 0.15) is 25.3 Å². The molecule has 0 spiro atoms. The molecular weight excluding hydrogens is 464 g/mol. The van der Waals surface area contributed by atoms with Crippen LogP contribution in [-0.4, -0.2) is 56.8 Å². The number of hydrogen-bond acceptors (Lipinski definition) is 7. The molecule has 1 aliphatic heterocycles. The molecule has 1 unspecified atom stereocenters. The summed E-state index contributed by atoms with van der Waals surface area (Å²) >= 11 is 3.28. The first-order valence-electron chi connectivity index (χ1n) is 9.87. The summed E-state index contributed by atoms with van der Waals surface area (Å²) in [5.41, 5.74) is 0.664. The number of Topliss-reactive ketones (excluding diaryl/α,β-unsaturated/α-hetero) is 1. The number of piperidine rings is 1. The fourth-order valence-corrected chi connectivity index (χ4v) is 4.29. The van der Waals surface area contributed by atoms with Crippen LogP contribution in [0.5, 0.6) is 0 Å². The van der Waals surface area contributed by atoms with E-state index in [0.717, 1.165) is 6.42 Å². The third kappa shape index (κ3) is 4.48. The monoisotopic (exact) mass is 484 g/mol. The van der Waals surface area contributed by atoms with Crippen LogP contribution in [-0.2, 0) is 14.4 Å². The van der Waals surface area contributed by atoms with E-state index >= 15 is 0 Å². The van der Waals surface area contributed by atoms with E-state index in [-0.39, 0.29) is 35.9 Å². The molecule has 2 aromatic heterocycles. The van der Waals surface area contributed by atoms with Crippen molar-refractivity contribution in [2.45, 2.75) is 31.8 Å². The average molecular weight is 485 g/mol. The molecule has 31 heavy (non-hydrogen) atoms. The summed E-state index contributed by atoms with van der Waals surface area (Å²) in [6.45, 7) is 1.25. The van der Waals surface area contributed by atoms with Crippen molar-refractivity contribution in [1.82, 2.24) is 14.9 Å². The second kappa shape index (κ2) is 8.54. The minimum absolute atomic E-state index is 0.0635. The zero-order valence-electron chi connectivity index (χ0n) is 16.8. The van der Waals surface area contributed by atoms with Crippen LogP contribution in [0, 0.1) is 11.3 Å². The van der Waals surface area contributed by atoms with Crippen molar-refractivity contribution in [2.75, 3.05) is 17.2 Å². The van der Waals surface area contributed by atoms with Gasteiger partial charge in [-0.2, -0.15) is 0 Å². The predicted molar refractivity (Wildman–Crippen MR) is 118 cm³/mol. The molecule has 1 aliphatic carbocycles. The Morgan fingerprint density at radius 1 is 1.26 bits per heavy atom. The topological polar surface area (TPSA) is 128 Å². The van der Waals surface area contributed by atoms with E-state index in [1.807, 2.05) is 0 Å². The summed E-state index contributed by atoms with van der Waals surface area (Å²) in [5, 5.41) is 13.7. The second-order valence-electron chi connectivity index (χ2n) is 7.66. The molecule has 0 radical (unpaired) electrons. The fourth-order valence-electron chi connectivity index (χ4n) is 3.94. The van der Waals surface area contributed by atoms with E-state index < -0.39 is 6.04 Å². The molecule has 0 aromatic carbocycles. The van der Waals surface area contributed by atoms with Crippen LogP contribution in [0.3, 0.4) is 0 Å². The number of likely N-dealkylation sites (tertiary alicyclic amines) is 1. The van der Waals surface area contributed by atoms with Gasteiger partial charge in [0, 0.05) is 24.7 Å². The number of rotatable bonds is 7. The Morgan fingerprint density at radius 3 is 2.81 bits per heavy atom. The highest BCUT2D eigenvalue weighted by Gasteiger charge is 2.55. The summed E-state index contributed by atoms with van der Waals surface area (Å²) in [4.78, 5) is 47.3. The standard InChI is InChI=1S/C21H21BrN6O3/c1-11(29)20(23)13-5-6-24-9-14(13)25-10-19(30)28-15-7-12(15)8-16(28)21(31)27-18-4-2-3-17(22)26-18/h2-6,9,12,15-16,23,25H,7-8,10H2,1H3,(H,26,27,31)/t12-,15?,16+/m1/s1. The molecule has 2 aromatic rings. The van der Waals surface area contributed by atoms with Crippen LogP contribution in [0.4, 0.5) is 11.5 Å². The molecule has 1 saturated heterocycles. The van der Waals surface area contributed by atoms with Crippen molar-refractivity contribution in [3.63, 3.8) is 0 Å². The number of nitrogens with one attached hydrogen (secondary N) is 3. The largest absolute Gasteiger partial charge is 0.374 e. The van der Waals surface area contributed by atoms with Gasteiger partial charge in [0.2, 0.25) is 11.8 Å². The van der Waals surface area contributed by atoms with Gasteiger partial charge in [-0.1, -0.05) is 6.07 Å². The molecule has 2 amide bonds. The third-order valence-electron chi connectivity index (χ3n) is 5.53. The zero-order valence-corrected chi connectivity index (χ0v) is 18.3. The van der Waals surface area contributed by atoms with E-state index in [0.29, 0.717) is 34.0 Å². The lowest BCUT2D eigenvalue weighted by Crippen LogP contribution is -2.47. The molecular formula is C21H21BrN6O3. The number of anilines is 2. The number of ketones is 1. The molecule has 9 nitrogen and oxygen atoms in total. The fraction of sp³-hybridized carbons (Fsp3) is 0.333. The number of pyridine rings is 2. The summed E-state index contributed by atoms with van der Waals surface area (Å²) < 4.78 is 0.611. The highest BCUT2D eigenvalue weighted by Crippen LogP contribution is 2.48. The van der Waals surface area contributed by atoms with Crippen molar-refractivity contribution in [2.24, 2.45) is 5.92 Å². The lowest BCUT2D eigenvalue weighted by atomic mass is 10.1. The SMILES string of the molecule is CC(=O)C(=N)c1ccncc1NCC(=O)N1C2C[C@@H]2C[C@H]1C(=O)Nc1cccc(Br)n1. The summed E-state index contributed by atoms with van der Waals surface area (Å²) in [6, 6.07) is 6.31. The van der Waals surface area contributed by atoms with Crippen molar-refractivity contribution in [3.05, 3.63) is 46.8 Å². The highest BCUT2D eigenvalue weighted by molar-refractivity contribution is 9.10. The number of halogens is 1. The Hall–Kier alpha value is -3.14. The Morgan fingerprint density at radius 2 is 2.06 bits per heavy atom. The molecule has 10 heteroatoms. The van der Waals surface area contributed by atoms with Gasteiger partial charge in [0.05, 0.1) is 18.4 Å². The molecule has 3 heterocycles. The lowest BCUT2D eigenvalue weighted by molar-refractivity contribution is -0.136. The summed E-state index contributed by atoms with van der Waals surface area (Å²) in [6.07, 6.45) is 4.50. The number of hydrogen-bond donors (Lipinski definition) is 3. The van der Waals surface area contributed by atoms with Crippen molar-refractivity contribution >= 4 is 50.7 Å². The van der Waals surface area contributed by atoms with Crippen molar-refractivity contribution in [1.29, 1.82) is 5.41 Å². The molecule has 2 fully saturated rings. The minimum Gasteiger partial charge on any atom is -0.374 e. The Kier molecular flexibility index (Phi) is 5.81. The maximum absolute atomic E-state index is 13.0. The van der Waals surface area contributed by atoms with E-state index in [2.05, 4.69) is 36.5 Å². The summed E-state index contributed by atoms with van der Waals surface area (Å²) in [5.74, 6) is -0.0786. The van der Waals surface area contributed by atoms with E-state index in [9.17, 15) is 14.4 Å². The van der Waals surface area contributed by atoms with Crippen LogP contribution >= 0.6 is 15.9 Å². The van der Waals surface area contributed by atoms with E-state index in [1.54, 1.807) is 29.2 Å². The Bertz CT molecular complexity index is 1070. The Labute approximate surface area is 187 Å². The van der Waals surface area contributed by atoms with Crippen molar-refractivity contribution < 1.29 is 14.4 Å². The molecule has 160 valence electrons. The molecule has 3 atom stereocenters. The molecule has 2 aliphatic rings. The number of nitrogens with zero attached hydrogens (tertiary/aromatic N) is 3. The van der Waals surface area contributed by atoms with Gasteiger partial charge in [-0.05, 0) is 52.9 Å². The Balaban J connectivity index is 1.44. The van der Waals surface area contributed by atoms with Gasteiger partial charge in [-0.25, -0.2) is 4.98 Å². The van der Waals surface area contributed by atoms with Gasteiger partial charge in [-0.3, -0.25) is 24.8 Å². The number of amides is 2.